The predicted molar refractivity (Wildman–Crippen MR) is 111 cm³/mol. The van der Waals surface area contributed by atoms with Gasteiger partial charge in [-0.1, -0.05) is 35.3 Å². The zero-order valence-corrected chi connectivity index (χ0v) is 17.3. The maximum Gasteiger partial charge on any atom is 0.261 e. The van der Waals surface area contributed by atoms with Gasteiger partial charge in [0.15, 0.2) is 0 Å². The van der Waals surface area contributed by atoms with E-state index in [1.165, 1.54) is 60.7 Å². The van der Waals surface area contributed by atoms with Crippen LogP contribution in [0.15, 0.2) is 82.6 Å². The summed E-state index contributed by atoms with van der Waals surface area (Å²) in [7, 11) is -7.88. The summed E-state index contributed by atoms with van der Waals surface area (Å²) in [6.45, 7) is 0. The van der Waals surface area contributed by atoms with Crippen LogP contribution in [-0.4, -0.2) is 16.8 Å². The van der Waals surface area contributed by atoms with E-state index in [4.69, 9.17) is 23.2 Å². The summed E-state index contributed by atoms with van der Waals surface area (Å²) >= 11 is 11.6. The normalized spacial score (nSPS) is 11.8. The Bertz CT molecular complexity index is 1100. The number of halogens is 2. The first-order valence-corrected chi connectivity index (χ1v) is 11.6. The summed E-state index contributed by atoms with van der Waals surface area (Å²) in [6.07, 6.45) is 0. The van der Waals surface area contributed by atoms with Gasteiger partial charge in [-0.2, -0.15) is 0 Å². The Labute approximate surface area is 173 Å². The molecule has 0 spiro atoms. The lowest BCUT2D eigenvalue weighted by Crippen LogP contribution is -2.17. The molecule has 3 aromatic carbocycles. The highest BCUT2D eigenvalue weighted by molar-refractivity contribution is 7.93. The van der Waals surface area contributed by atoms with Crippen LogP contribution in [0.4, 0.5) is 11.4 Å². The molecule has 0 heterocycles. The summed E-state index contributed by atoms with van der Waals surface area (Å²) in [5.74, 6) is 0. The quantitative estimate of drug-likeness (QED) is 0.566. The molecule has 0 aliphatic heterocycles. The summed E-state index contributed by atoms with van der Waals surface area (Å²) in [6, 6.07) is 17.3. The molecule has 146 valence electrons. The Morgan fingerprint density at radius 3 is 1.18 bits per heavy atom. The van der Waals surface area contributed by atoms with Crippen LogP contribution >= 0.6 is 23.2 Å². The number of hydrogen-bond acceptors (Lipinski definition) is 4. The van der Waals surface area contributed by atoms with Crippen molar-refractivity contribution < 1.29 is 16.8 Å². The Morgan fingerprint density at radius 1 is 0.536 bits per heavy atom. The molecule has 3 aromatic rings. The minimum atomic E-state index is -3.94. The number of sulfonamides is 2. The molecule has 10 heteroatoms. The Kier molecular flexibility index (Phi) is 5.85. The minimum absolute atomic E-state index is 0.00717. The summed E-state index contributed by atoms with van der Waals surface area (Å²) < 4.78 is 55.1. The topological polar surface area (TPSA) is 92.3 Å². The van der Waals surface area contributed by atoms with Crippen molar-refractivity contribution in [3.05, 3.63) is 82.8 Å². The van der Waals surface area contributed by atoms with Gasteiger partial charge < -0.3 is 0 Å². The summed E-state index contributed by atoms with van der Waals surface area (Å²) in [4.78, 5) is -0.0143. The highest BCUT2D eigenvalue weighted by Crippen LogP contribution is 2.27. The lowest BCUT2D eigenvalue weighted by Gasteiger charge is -2.14. The smallest absolute Gasteiger partial charge is 0.261 e. The van der Waals surface area contributed by atoms with Crippen LogP contribution in [0.25, 0.3) is 0 Å². The van der Waals surface area contributed by atoms with Gasteiger partial charge in [0.25, 0.3) is 20.0 Å². The Hall–Kier alpha value is -2.26. The molecule has 3 rings (SSSR count). The van der Waals surface area contributed by atoms with E-state index in [9.17, 15) is 16.8 Å². The van der Waals surface area contributed by atoms with Crippen molar-refractivity contribution in [2.75, 3.05) is 9.44 Å². The van der Waals surface area contributed by atoms with Gasteiger partial charge in [0.2, 0.25) is 0 Å². The molecule has 0 saturated heterocycles. The molecule has 0 bridgehead atoms. The van der Waals surface area contributed by atoms with Crippen molar-refractivity contribution in [2.24, 2.45) is 0 Å². The molecule has 6 nitrogen and oxygen atoms in total. The van der Waals surface area contributed by atoms with Gasteiger partial charge >= 0.3 is 0 Å². The molecule has 28 heavy (non-hydrogen) atoms. The maximum atomic E-state index is 12.6. The molecule has 0 aromatic heterocycles. The van der Waals surface area contributed by atoms with Crippen molar-refractivity contribution >= 4 is 54.6 Å². The second kappa shape index (κ2) is 8.00. The number of rotatable bonds is 6. The molecule has 0 atom stereocenters. The second-order valence-corrected chi connectivity index (χ2v) is 9.90. The van der Waals surface area contributed by atoms with E-state index < -0.39 is 20.0 Å². The van der Waals surface area contributed by atoms with Gasteiger partial charge in [-0.25, -0.2) is 16.8 Å². The standard InChI is InChI=1S/C18H14Cl2N2O4S2/c19-13-5-9-15(10-6-13)27(23,24)21-17-3-1-2-4-18(17)22-28(25,26)16-11-7-14(20)8-12-16/h1-12,21-22H. The van der Waals surface area contributed by atoms with E-state index in [0.29, 0.717) is 10.0 Å². The SMILES string of the molecule is O=S(=O)(Nc1ccccc1NS(=O)(=O)c1ccc(Cl)cc1)c1ccc(Cl)cc1. The van der Waals surface area contributed by atoms with Crippen LogP contribution < -0.4 is 9.44 Å². The van der Waals surface area contributed by atoms with Crippen LogP contribution in [0.3, 0.4) is 0 Å². The fourth-order valence-corrected chi connectivity index (χ4v) is 4.71. The minimum Gasteiger partial charge on any atom is -0.277 e. The van der Waals surface area contributed by atoms with Crippen molar-refractivity contribution in [1.29, 1.82) is 0 Å². The van der Waals surface area contributed by atoms with E-state index in [-0.39, 0.29) is 21.2 Å². The number of hydrogen-bond donors (Lipinski definition) is 2. The van der Waals surface area contributed by atoms with Crippen molar-refractivity contribution in [3.8, 4) is 0 Å². The van der Waals surface area contributed by atoms with Gasteiger partial charge in [0, 0.05) is 10.0 Å². The van der Waals surface area contributed by atoms with Crippen molar-refractivity contribution in [1.82, 2.24) is 0 Å². The fraction of sp³-hybridized carbons (Fsp3) is 0. The molecule has 0 amide bonds. The van der Waals surface area contributed by atoms with E-state index in [1.54, 1.807) is 12.1 Å². The molecule has 0 radical (unpaired) electrons. The average Bonchev–Trinajstić information content (AvgIpc) is 2.64. The van der Waals surface area contributed by atoms with Gasteiger partial charge in [0.05, 0.1) is 21.2 Å². The third-order valence-electron chi connectivity index (χ3n) is 3.66. The van der Waals surface area contributed by atoms with Gasteiger partial charge in [0.1, 0.15) is 0 Å². The van der Waals surface area contributed by atoms with E-state index in [1.807, 2.05) is 0 Å². The van der Waals surface area contributed by atoms with Crippen molar-refractivity contribution in [3.63, 3.8) is 0 Å². The van der Waals surface area contributed by atoms with Crippen LogP contribution in [0.5, 0.6) is 0 Å². The van der Waals surface area contributed by atoms with Crippen LogP contribution in [0.2, 0.25) is 10.0 Å². The van der Waals surface area contributed by atoms with Gasteiger partial charge in [-0.05, 0) is 60.7 Å². The average molecular weight is 457 g/mol. The van der Waals surface area contributed by atoms with Crippen LogP contribution in [0, 0.1) is 0 Å². The lowest BCUT2D eigenvalue weighted by molar-refractivity contribution is 0.599. The van der Waals surface area contributed by atoms with Crippen molar-refractivity contribution in [2.45, 2.75) is 9.79 Å². The first-order valence-electron chi connectivity index (χ1n) is 7.83. The molecule has 0 unspecified atom stereocenters. The molecule has 0 saturated carbocycles. The lowest BCUT2D eigenvalue weighted by atomic mass is 10.3. The van der Waals surface area contributed by atoms with E-state index in [2.05, 4.69) is 9.44 Å². The number of para-hydroxylation sites is 2. The van der Waals surface area contributed by atoms with Gasteiger partial charge in [-0.15, -0.1) is 0 Å². The maximum absolute atomic E-state index is 12.6. The van der Waals surface area contributed by atoms with E-state index in [0.717, 1.165) is 0 Å². The largest absolute Gasteiger partial charge is 0.277 e. The first kappa shape index (κ1) is 20.5. The van der Waals surface area contributed by atoms with Crippen LogP contribution in [-0.2, 0) is 20.0 Å². The predicted octanol–water partition coefficient (Wildman–Crippen LogP) is 4.60. The third-order valence-corrected chi connectivity index (χ3v) is 6.93. The van der Waals surface area contributed by atoms with E-state index >= 15 is 0 Å². The Balaban J connectivity index is 1.91. The number of nitrogens with one attached hydrogen (secondary N) is 2. The molecule has 0 fully saturated rings. The van der Waals surface area contributed by atoms with Gasteiger partial charge in [-0.3, -0.25) is 9.44 Å². The fourth-order valence-electron chi connectivity index (χ4n) is 2.30. The number of benzene rings is 3. The summed E-state index contributed by atoms with van der Waals surface area (Å²) in [5.41, 5.74) is 0.157. The second-order valence-electron chi connectivity index (χ2n) is 5.66. The number of anilines is 2. The zero-order chi connectivity index (χ0) is 20.4. The molecular formula is C18H14Cl2N2O4S2. The molecule has 2 N–H and O–H groups in total. The third kappa shape index (κ3) is 4.77. The first-order chi connectivity index (χ1) is 13.2. The molecule has 0 aliphatic rings. The monoisotopic (exact) mass is 456 g/mol. The Morgan fingerprint density at radius 2 is 0.857 bits per heavy atom. The molecular weight excluding hydrogens is 443 g/mol. The summed E-state index contributed by atoms with van der Waals surface area (Å²) in [5, 5.41) is 0.796. The zero-order valence-electron chi connectivity index (χ0n) is 14.1. The highest BCUT2D eigenvalue weighted by Gasteiger charge is 2.19. The van der Waals surface area contributed by atoms with Crippen LogP contribution in [0.1, 0.15) is 0 Å². The molecule has 0 aliphatic carbocycles. The highest BCUT2D eigenvalue weighted by atomic mass is 35.5.